The van der Waals surface area contributed by atoms with Gasteiger partial charge in [0.1, 0.15) is 5.75 Å². The summed E-state index contributed by atoms with van der Waals surface area (Å²) in [5, 5.41) is 10.3. The molecule has 0 saturated heterocycles. The third kappa shape index (κ3) is 5.20. The Bertz CT molecular complexity index is 919. The van der Waals surface area contributed by atoms with Gasteiger partial charge in [0.15, 0.2) is 5.96 Å². The molecule has 0 fully saturated rings. The summed E-state index contributed by atoms with van der Waals surface area (Å²) in [4.78, 5) is 10.1. The third-order valence-electron chi connectivity index (χ3n) is 4.38. The minimum Gasteiger partial charge on any atom is -0.497 e. The number of thiazole rings is 1. The molecular formula is C21H26N4OS. The van der Waals surface area contributed by atoms with E-state index in [0.717, 1.165) is 37.6 Å². The van der Waals surface area contributed by atoms with Crippen molar-refractivity contribution in [1.29, 1.82) is 0 Å². The average molecular weight is 383 g/mol. The van der Waals surface area contributed by atoms with Gasteiger partial charge in [0.05, 0.1) is 12.1 Å². The molecule has 0 amide bonds. The molecule has 2 aromatic carbocycles. The van der Waals surface area contributed by atoms with Gasteiger partial charge in [-0.1, -0.05) is 25.1 Å². The summed E-state index contributed by atoms with van der Waals surface area (Å²) in [6.45, 7) is 3.69. The number of guanidine groups is 1. The van der Waals surface area contributed by atoms with Crippen LogP contribution in [0.4, 0.5) is 0 Å². The predicted molar refractivity (Wildman–Crippen MR) is 114 cm³/mol. The molecule has 0 unspecified atom stereocenters. The van der Waals surface area contributed by atoms with E-state index in [1.165, 1.54) is 26.2 Å². The molecule has 5 nitrogen and oxygen atoms in total. The zero-order chi connectivity index (χ0) is 19.1. The van der Waals surface area contributed by atoms with Gasteiger partial charge in [0.25, 0.3) is 0 Å². The van der Waals surface area contributed by atoms with Crippen LogP contribution in [-0.4, -0.2) is 31.6 Å². The van der Waals surface area contributed by atoms with E-state index in [9.17, 15) is 0 Å². The maximum Gasteiger partial charge on any atom is 0.191 e. The summed E-state index contributed by atoms with van der Waals surface area (Å²) in [7, 11) is 3.48. The lowest BCUT2D eigenvalue weighted by Gasteiger charge is -2.12. The van der Waals surface area contributed by atoms with Crippen molar-refractivity contribution >= 4 is 28.1 Å². The van der Waals surface area contributed by atoms with Crippen LogP contribution >= 0.6 is 11.3 Å². The molecule has 0 radical (unpaired) electrons. The second-order valence-electron chi connectivity index (χ2n) is 6.22. The molecule has 0 aliphatic heterocycles. The van der Waals surface area contributed by atoms with Gasteiger partial charge < -0.3 is 15.4 Å². The molecule has 0 saturated carbocycles. The first kappa shape index (κ1) is 19.2. The van der Waals surface area contributed by atoms with Crippen molar-refractivity contribution in [2.45, 2.75) is 26.3 Å². The van der Waals surface area contributed by atoms with E-state index in [2.05, 4.69) is 57.9 Å². The maximum absolute atomic E-state index is 5.28. The summed E-state index contributed by atoms with van der Waals surface area (Å²) in [5.41, 5.74) is 1.21. The Hall–Kier alpha value is -2.60. The minimum atomic E-state index is 0.721. The number of benzene rings is 2. The van der Waals surface area contributed by atoms with Gasteiger partial charge in [0.2, 0.25) is 0 Å². The zero-order valence-corrected chi connectivity index (χ0v) is 16.9. The van der Waals surface area contributed by atoms with Gasteiger partial charge >= 0.3 is 0 Å². The van der Waals surface area contributed by atoms with Crippen LogP contribution in [0.1, 0.15) is 22.4 Å². The minimum absolute atomic E-state index is 0.721. The summed E-state index contributed by atoms with van der Waals surface area (Å²) in [6, 6.07) is 12.6. The first-order chi connectivity index (χ1) is 13.2. The first-order valence-electron chi connectivity index (χ1n) is 9.16. The molecule has 0 bridgehead atoms. The molecule has 3 rings (SSSR count). The number of aliphatic imine (C=N–C) groups is 1. The van der Waals surface area contributed by atoms with E-state index in [1.807, 2.05) is 12.3 Å². The van der Waals surface area contributed by atoms with Crippen molar-refractivity contribution in [3.05, 3.63) is 58.0 Å². The largest absolute Gasteiger partial charge is 0.497 e. The van der Waals surface area contributed by atoms with Crippen molar-refractivity contribution in [2.24, 2.45) is 4.99 Å². The van der Waals surface area contributed by atoms with Gasteiger partial charge in [-0.2, -0.15) is 0 Å². The summed E-state index contributed by atoms with van der Waals surface area (Å²) in [5.74, 6) is 1.68. The molecule has 1 aromatic heterocycles. The Morgan fingerprint density at radius 1 is 1.15 bits per heavy atom. The van der Waals surface area contributed by atoms with Gasteiger partial charge in [-0.05, 0) is 41.0 Å². The van der Waals surface area contributed by atoms with E-state index in [0.29, 0.717) is 0 Å². The monoisotopic (exact) mass is 382 g/mol. The standard InChI is InChI=1S/C21H26N4OS/c1-4-19-14-24-20(27-19)9-10-23-21(22-2)25-13-15-5-6-17-12-18(26-3)8-7-16(17)11-15/h5-8,11-12,14H,4,9-10,13H2,1-3H3,(H2,22,23,25). The molecule has 27 heavy (non-hydrogen) atoms. The van der Waals surface area contributed by atoms with Crippen LogP contribution < -0.4 is 15.4 Å². The highest BCUT2D eigenvalue weighted by Crippen LogP contribution is 2.21. The van der Waals surface area contributed by atoms with Crippen molar-refractivity contribution in [3.63, 3.8) is 0 Å². The Kier molecular flexibility index (Phi) is 6.65. The molecule has 142 valence electrons. The van der Waals surface area contributed by atoms with Gasteiger partial charge in [0, 0.05) is 37.6 Å². The van der Waals surface area contributed by atoms with Crippen molar-refractivity contribution in [1.82, 2.24) is 15.6 Å². The number of aryl methyl sites for hydroxylation is 1. The van der Waals surface area contributed by atoms with Crippen LogP contribution in [0.3, 0.4) is 0 Å². The summed E-state index contributed by atoms with van der Waals surface area (Å²) in [6.07, 6.45) is 3.93. The molecule has 6 heteroatoms. The predicted octanol–water partition coefficient (Wildman–Crippen LogP) is 3.78. The second-order valence-corrected chi connectivity index (χ2v) is 7.42. The van der Waals surface area contributed by atoms with E-state index in [4.69, 9.17) is 4.74 Å². The number of hydrogen-bond donors (Lipinski definition) is 2. The number of ether oxygens (including phenoxy) is 1. The van der Waals surface area contributed by atoms with Gasteiger partial charge in [-0.15, -0.1) is 11.3 Å². The van der Waals surface area contributed by atoms with Gasteiger partial charge in [-0.3, -0.25) is 4.99 Å². The molecule has 3 aromatic rings. The molecule has 1 heterocycles. The highest BCUT2D eigenvalue weighted by Gasteiger charge is 2.03. The number of rotatable bonds is 7. The number of nitrogens with one attached hydrogen (secondary N) is 2. The van der Waals surface area contributed by atoms with Crippen LogP contribution in [0.15, 0.2) is 47.6 Å². The number of nitrogens with zero attached hydrogens (tertiary/aromatic N) is 2. The number of aromatic nitrogens is 1. The van der Waals surface area contributed by atoms with E-state index >= 15 is 0 Å². The molecule has 0 spiro atoms. The van der Waals surface area contributed by atoms with Crippen LogP contribution in [0.2, 0.25) is 0 Å². The first-order valence-corrected chi connectivity index (χ1v) is 9.98. The fraction of sp³-hybridized carbons (Fsp3) is 0.333. The number of hydrogen-bond acceptors (Lipinski definition) is 4. The molecule has 0 aliphatic rings. The van der Waals surface area contributed by atoms with E-state index < -0.39 is 0 Å². The summed E-state index contributed by atoms with van der Waals surface area (Å²) < 4.78 is 5.28. The maximum atomic E-state index is 5.28. The zero-order valence-electron chi connectivity index (χ0n) is 16.1. The smallest absolute Gasteiger partial charge is 0.191 e. The number of fused-ring (bicyclic) bond motifs is 1. The van der Waals surface area contributed by atoms with Crippen molar-refractivity contribution < 1.29 is 4.74 Å². The van der Waals surface area contributed by atoms with Crippen LogP contribution in [0, 0.1) is 0 Å². The highest BCUT2D eigenvalue weighted by atomic mass is 32.1. The van der Waals surface area contributed by atoms with Gasteiger partial charge in [-0.25, -0.2) is 4.98 Å². The van der Waals surface area contributed by atoms with Crippen molar-refractivity contribution in [3.8, 4) is 5.75 Å². The topological polar surface area (TPSA) is 58.5 Å². The van der Waals surface area contributed by atoms with Crippen LogP contribution in [-0.2, 0) is 19.4 Å². The lowest BCUT2D eigenvalue weighted by molar-refractivity contribution is 0.415. The molecule has 0 aliphatic carbocycles. The molecule has 0 atom stereocenters. The second kappa shape index (κ2) is 9.37. The average Bonchev–Trinajstić information content (AvgIpc) is 3.18. The fourth-order valence-corrected chi connectivity index (χ4v) is 3.69. The lowest BCUT2D eigenvalue weighted by atomic mass is 10.1. The van der Waals surface area contributed by atoms with E-state index in [1.54, 1.807) is 25.5 Å². The third-order valence-corrected chi connectivity index (χ3v) is 5.58. The summed E-state index contributed by atoms with van der Waals surface area (Å²) >= 11 is 1.79. The Morgan fingerprint density at radius 2 is 1.96 bits per heavy atom. The van der Waals surface area contributed by atoms with Crippen LogP contribution in [0.25, 0.3) is 10.8 Å². The van der Waals surface area contributed by atoms with E-state index in [-0.39, 0.29) is 0 Å². The number of methoxy groups -OCH3 is 1. The Labute approximate surface area is 164 Å². The van der Waals surface area contributed by atoms with Crippen molar-refractivity contribution in [2.75, 3.05) is 20.7 Å². The Morgan fingerprint density at radius 3 is 2.70 bits per heavy atom. The highest BCUT2D eigenvalue weighted by molar-refractivity contribution is 7.11. The normalized spacial score (nSPS) is 11.6. The quantitative estimate of drug-likeness (QED) is 0.482. The molecular weight excluding hydrogens is 356 g/mol. The SMILES string of the molecule is CCc1cnc(CCNC(=NC)NCc2ccc3cc(OC)ccc3c2)s1. The Balaban J connectivity index is 1.52. The fourth-order valence-electron chi connectivity index (χ4n) is 2.83. The van der Waals surface area contributed by atoms with Crippen LogP contribution in [0.5, 0.6) is 5.75 Å². The lowest BCUT2D eigenvalue weighted by Crippen LogP contribution is -2.37. The molecule has 2 N–H and O–H groups in total.